The van der Waals surface area contributed by atoms with Gasteiger partial charge in [-0.25, -0.2) is 13.2 Å². The van der Waals surface area contributed by atoms with Crippen LogP contribution in [0.1, 0.15) is 10.5 Å². The molecule has 168 valence electrons. The van der Waals surface area contributed by atoms with Crippen LogP contribution in [0.25, 0.3) is 10.9 Å². The number of halogens is 1. The first kappa shape index (κ1) is 22.2. The maximum absolute atomic E-state index is 12.8. The number of hydrogen-bond acceptors (Lipinski definition) is 7. The molecule has 10 nitrogen and oxygen atoms in total. The first-order chi connectivity index (χ1) is 15.4. The number of fused-ring (bicyclic) bond motifs is 1. The number of esters is 1. The van der Waals surface area contributed by atoms with E-state index in [0.717, 1.165) is 0 Å². The summed E-state index contributed by atoms with van der Waals surface area (Å²) in [7, 11) is -3.77. The van der Waals surface area contributed by atoms with E-state index in [2.05, 4.69) is 15.5 Å². The van der Waals surface area contributed by atoms with E-state index < -0.39 is 28.5 Å². The Bertz CT molecular complexity index is 1270. The van der Waals surface area contributed by atoms with Gasteiger partial charge in [-0.3, -0.25) is 9.89 Å². The van der Waals surface area contributed by atoms with Crippen molar-refractivity contribution in [1.29, 1.82) is 0 Å². The molecule has 1 saturated heterocycles. The number of carbonyl (C=O) groups excluding carboxylic acids is 2. The van der Waals surface area contributed by atoms with Crippen LogP contribution in [-0.4, -0.2) is 67.7 Å². The predicted octanol–water partition coefficient (Wildman–Crippen LogP) is 2.03. The lowest BCUT2D eigenvalue weighted by Crippen LogP contribution is -2.40. The van der Waals surface area contributed by atoms with Crippen molar-refractivity contribution in [3.05, 3.63) is 53.2 Å². The zero-order chi connectivity index (χ0) is 22.7. The number of anilines is 1. The van der Waals surface area contributed by atoms with Gasteiger partial charge in [0, 0.05) is 18.5 Å². The van der Waals surface area contributed by atoms with Crippen molar-refractivity contribution in [3.8, 4) is 0 Å². The molecule has 3 aromatic rings. The molecule has 2 aromatic carbocycles. The van der Waals surface area contributed by atoms with Crippen molar-refractivity contribution >= 4 is 50.1 Å². The van der Waals surface area contributed by atoms with Crippen molar-refractivity contribution in [1.82, 2.24) is 14.5 Å². The van der Waals surface area contributed by atoms with Crippen LogP contribution < -0.4 is 5.32 Å². The number of benzene rings is 2. The number of carbonyl (C=O) groups is 2. The van der Waals surface area contributed by atoms with Crippen LogP contribution in [0.2, 0.25) is 5.02 Å². The van der Waals surface area contributed by atoms with Gasteiger partial charge >= 0.3 is 5.97 Å². The molecule has 4 rings (SSSR count). The van der Waals surface area contributed by atoms with Gasteiger partial charge in [0.15, 0.2) is 12.3 Å². The maximum atomic E-state index is 12.8. The first-order valence-corrected chi connectivity index (χ1v) is 11.5. The average molecular weight is 479 g/mol. The second-order valence-electron chi connectivity index (χ2n) is 6.90. The molecule has 1 aromatic heterocycles. The topological polar surface area (TPSA) is 131 Å². The molecule has 2 N–H and O–H groups in total. The Labute approximate surface area is 188 Å². The first-order valence-electron chi connectivity index (χ1n) is 9.64. The number of ether oxygens (including phenoxy) is 2. The molecule has 0 atom stereocenters. The summed E-state index contributed by atoms with van der Waals surface area (Å²) in [6.07, 6.45) is 0. The van der Waals surface area contributed by atoms with Crippen molar-refractivity contribution in [2.24, 2.45) is 0 Å². The lowest BCUT2D eigenvalue weighted by Gasteiger charge is -2.26. The molecule has 0 saturated carbocycles. The fourth-order valence-electron chi connectivity index (χ4n) is 3.20. The quantitative estimate of drug-likeness (QED) is 0.518. The monoisotopic (exact) mass is 478 g/mol. The third kappa shape index (κ3) is 4.60. The fraction of sp³-hybridized carbons (Fsp3) is 0.250. The van der Waals surface area contributed by atoms with E-state index in [4.69, 9.17) is 21.1 Å². The van der Waals surface area contributed by atoms with Gasteiger partial charge in [-0.05, 0) is 24.3 Å². The van der Waals surface area contributed by atoms with E-state index in [1.165, 1.54) is 22.5 Å². The smallest absolute Gasteiger partial charge is 0.359 e. The number of para-hydroxylation sites is 1. The van der Waals surface area contributed by atoms with E-state index in [1.54, 1.807) is 24.3 Å². The molecule has 1 aliphatic heterocycles. The second-order valence-corrected chi connectivity index (χ2v) is 9.25. The van der Waals surface area contributed by atoms with Crippen LogP contribution in [0.5, 0.6) is 0 Å². The number of amides is 1. The standard InChI is InChI=1S/C20H19ClN4O6S/c21-15-6-5-13(32(28,29)25-7-9-30-10-8-25)11-17(15)22-18(26)12-31-20(27)19-14-3-1-2-4-16(14)23-24-19/h1-6,11H,7-10,12H2,(H,22,26)(H,23,24). The SMILES string of the molecule is O=C(COC(=O)c1n[nH]c2ccccc12)Nc1cc(S(=O)(=O)N2CCOCC2)ccc1Cl. The van der Waals surface area contributed by atoms with Gasteiger partial charge in [0.05, 0.1) is 34.3 Å². The van der Waals surface area contributed by atoms with Gasteiger partial charge in [-0.2, -0.15) is 9.40 Å². The predicted molar refractivity (Wildman–Crippen MR) is 116 cm³/mol. The highest BCUT2D eigenvalue weighted by molar-refractivity contribution is 7.89. The molecule has 0 spiro atoms. The van der Waals surface area contributed by atoms with Crippen LogP contribution in [0.3, 0.4) is 0 Å². The van der Waals surface area contributed by atoms with E-state index in [9.17, 15) is 18.0 Å². The Morgan fingerprint density at radius 1 is 1.19 bits per heavy atom. The van der Waals surface area contributed by atoms with Crippen LogP contribution in [0.15, 0.2) is 47.4 Å². The Balaban J connectivity index is 1.43. The number of hydrogen-bond donors (Lipinski definition) is 2. The zero-order valence-electron chi connectivity index (χ0n) is 16.7. The highest BCUT2D eigenvalue weighted by Gasteiger charge is 2.27. The minimum Gasteiger partial charge on any atom is -0.451 e. The van der Waals surface area contributed by atoms with E-state index in [-0.39, 0.29) is 34.4 Å². The Hall–Kier alpha value is -2.99. The van der Waals surface area contributed by atoms with Gasteiger partial charge in [0.1, 0.15) is 0 Å². The molecule has 1 fully saturated rings. The maximum Gasteiger partial charge on any atom is 0.359 e. The third-order valence-electron chi connectivity index (χ3n) is 4.82. The molecular weight excluding hydrogens is 460 g/mol. The molecule has 2 heterocycles. The number of aromatic nitrogens is 2. The Morgan fingerprint density at radius 2 is 1.94 bits per heavy atom. The summed E-state index contributed by atoms with van der Waals surface area (Å²) < 4.78 is 37.2. The van der Waals surface area contributed by atoms with E-state index in [0.29, 0.717) is 24.1 Å². The molecule has 32 heavy (non-hydrogen) atoms. The van der Waals surface area contributed by atoms with Gasteiger partial charge < -0.3 is 14.8 Å². The number of H-pyrrole nitrogens is 1. The molecule has 0 radical (unpaired) electrons. The largest absolute Gasteiger partial charge is 0.451 e. The summed E-state index contributed by atoms with van der Waals surface area (Å²) >= 11 is 6.12. The molecule has 0 bridgehead atoms. The summed E-state index contributed by atoms with van der Waals surface area (Å²) in [5.41, 5.74) is 0.811. The summed E-state index contributed by atoms with van der Waals surface area (Å²) in [4.78, 5) is 24.6. The number of nitrogens with one attached hydrogen (secondary N) is 2. The van der Waals surface area contributed by atoms with Crippen molar-refractivity contribution < 1.29 is 27.5 Å². The van der Waals surface area contributed by atoms with Crippen molar-refractivity contribution in [3.63, 3.8) is 0 Å². The number of morpholine rings is 1. The minimum absolute atomic E-state index is 0.0147. The number of aromatic amines is 1. The molecule has 1 amide bonds. The highest BCUT2D eigenvalue weighted by Crippen LogP contribution is 2.27. The highest BCUT2D eigenvalue weighted by atomic mass is 35.5. The van der Waals surface area contributed by atoms with Crippen LogP contribution >= 0.6 is 11.6 Å². The second kappa shape index (κ2) is 9.25. The number of rotatable bonds is 6. The Morgan fingerprint density at radius 3 is 2.72 bits per heavy atom. The molecule has 0 aliphatic carbocycles. The number of sulfonamides is 1. The van der Waals surface area contributed by atoms with Gasteiger partial charge in [0.25, 0.3) is 5.91 Å². The number of nitrogens with zero attached hydrogens (tertiary/aromatic N) is 2. The van der Waals surface area contributed by atoms with Crippen LogP contribution in [0.4, 0.5) is 5.69 Å². The average Bonchev–Trinajstić information content (AvgIpc) is 3.24. The summed E-state index contributed by atoms with van der Waals surface area (Å²) in [5, 5.41) is 9.83. The van der Waals surface area contributed by atoms with E-state index >= 15 is 0 Å². The van der Waals surface area contributed by atoms with Gasteiger partial charge in [0.2, 0.25) is 10.0 Å². The molecule has 12 heteroatoms. The molecule has 0 unspecified atom stereocenters. The third-order valence-corrected chi connectivity index (χ3v) is 7.04. The fourth-order valence-corrected chi connectivity index (χ4v) is 4.80. The molecule has 1 aliphatic rings. The van der Waals surface area contributed by atoms with Gasteiger partial charge in [-0.1, -0.05) is 29.8 Å². The van der Waals surface area contributed by atoms with Crippen molar-refractivity contribution in [2.45, 2.75) is 4.90 Å². The van der Waals surface area contributed by atoms with Crippen LogP contribution in [-0.2, 0) is 24.3 Å². The normalized spacial score (nSPS) is 14.9. The Kier molecular flexibility index (Phi) is 6.42. The van der Waals surface area contributed by atoms with Crippen molar-refractivity contribution in [2.75, 3.05) is 38.2 Å². The molecular formula is C20H19ClN4O6S. The minimum atomic E-state index is -3.77. The summed E-state index contributed by atoms with van der Waals surface area (Å²) in [6, 6.07) is 11.0. The summed E-state index contributed by atoms with van der Waals surface area (Å²) in [6.45, 7) is 0.506. The van der Waals surface area contributed by atoms with Crippen LogP contribution in [0, 0.1) is 0 Å². The van der Waals surface area contributed by atoms with Gasteiger partial charge in [-0.15, -0.1) is 0 Å². The zero-order valence-corrected chi connectivity index (χ0v) is 18.3. The van der Waals surface area contributed by atoms with E-state index in [1.807, 2.05) is 0 Å². The lowest BCUT2D eigenvalue weighted by atomic mass is 10.2. The summed E-state index contributed by atoms with van der Waals surface area (Å²) in [5.74, 6) is -1.45. The lowest BCUT2D eigenvalue weighted by molar-refractivity contribution is -0.119.